The van der Waals surface area contributed by atoms with Gasteiger partial charge in [-0.15, -0.1) is 6.58 Å². The first-order valence-electron chi connectivity index (χ1n) is 6.00. The summed E-state index contributed by atoms with van der Waals surface area (Å²) in [6, 6.07) is 3.67. The van der Waals surface area contributed by atoms with Gasteiger partial charge in [0.25, 0.3) is 0 Å². The first-order chi connectivity index (χ1) is 7.41. The van der Waals surface area contributed by atoms with Gasteiger partial charge >= 0.3 is 0 Å². The van der Waals surface area contributed by atoms with Gasteiger partial charge in [0.1, 0.15) is 0 Å². The summed E-state index contributed by atoms with van der Waals surface area (Å²) in [6.07, 6.45) is 14.8. The van der Waals surface area contributed by atoms with E-state index in [1.54, 1.807) is 12.5 Å². The predicted molar refractivity (Wildman–Crippen MR) is 66.9 cm³/mol. The van der Waals surface area contributed by atoms with Gasteiger partial charge in [-0.1, -0.05) is 45.1 Å². The lowest BCUT2D eigenvalue weighted by molar-refractivity contribution is 0.567. The molecule has 0 fully saturated rings. The van der Waals surface area contributed by atoms with Crippen LogP contribution in [0.3, 0.4) is 0 Å². The van der Waals surface area contributed by atoms with Crippen molar-refractivity contribution in [2.24, 2.45) is 0 Å². The fourth-order valence-electron chi connectivity index (χ4n) is 1.30. The SMILES string of the molecule is C=CCCCCCCCC.c1ccoc1. The summed E-state index contributed by atoms with van der Waals surface area (Å²) in [5, 5.41) is 0. The quantitative estimate of drug-likeness (QED) is 0.443. The molecular weight excluding hydrogens is 184 g/mol. The Kier molecular flexibility index (Phi) is 12.2. The highest BCUT2D eigenvalue weighted by atomic mass is 16.3. The van der Waals surface area contributed by atoms with E-state index in [1.165, 1.54) is 44.9 Å². The zero-order valence-electron chi connectivity index (χ0n) is 9.95. The molecule has 0 bridgehead atoms. The fourth-order valence-corrected chi connectivity index (χ4v) is 1.30. The molecule has 1 nitrogen and oxygen atoms in total. The lowest BCUT2D eigenvalue weighted by atomic mass is 10.1. The van der Waals surface area contributed by atoms with Gasteiger partial charge in [0.2, 0.25) is 0 Å². The summed E-state index contributed by atoms with van der Waals surface area (Å²) in [5.41, 5.74) is 0. The second-order valence-electron chi connectivity index (χ2n) is 3.64. The number of hydrogen-bond acceptors (Lipinski definition) is 1. The Balaban J connectivity index is 0.000000322. The Morgan fingerprint density at radius 2 is 1.60 bits per heavy atom. The summed E-state index contributed by atoms with van der Waals surface area (Å²) in [4.78, 5) is 0. The van der Waals surface area contributed by atoms with Crippen molar-refractivity contribution in [3.8, 4) is 0 Å². The van der Waals surface area contributed by atoms with Crippen molar-refractivity contribution in [2.75, 3.05) is 0 Å². The molecule has 1 heteroatoms. The highest BCUT2D eigenvalue weighted by Gasteiger charge is 1.86. The molecule has 86 valence electrons. The van der Waals surface area contributed by atoms with Crippen LogP contribution in [0.15, 0.2) is 41.7 Å². The first-order valence-corrected chi connectivity index (χ1v) is 6.00. The maximum absolute atomic E-state index is 4.58. The zero-order chi connectivity index (χ0) is 11.2. The van der Waals surface area contributed by atoms with Crippen LogP contribution >= 0.6 is 0 Å². The standard InChI is InChI=1S/C10H20.C4H4O/c1-3-5-7-9-10-8-6-4-2;1-2-4-5-3-1/h3H,1,4-10H2,2H3;1-4H. The summed E-state index contributed by atoms with van der Waals surface area (Å²) in [7, 11) is 0. The summed E-state index contributed by atoms with van der Waals surface area (Å²) >= 11 is 0. The molecule has 0 N–H and O–H groups in total. The topological polar surface area (TPSA) is 13.1 Å². The number of hydrogen-bond donors (Lipinski definition) is 0. The van der Waals surface area contributed by atoms with E-state index in [9.17, 15) is 0 Å². The van der Waals surface area contributed by atoms with Crippen molar-refractivity contribution in [1.29, 1.82) is 0 Å². The monoisotopic (exact) mass is 208 g/mol. The second-order valence-corrected chi connectivity index (χ2v) is 3.64. The van der Waals surface area contributed by atoms with Gasteiger partial charge in [-0.05, 0) is 25.0 Å². The molecule has 1 heterocycles. The minimum atomic E-state index is 1.20. The van der Waals surface area contributed by atoms with Crippen molar-refractivity contribution in [1.82, 2.24) is 0 Å². The van der Waals surface area contributed by atoms with Gasteiger partial charge in [0, 0.05) is 0 Å². The van der Waals surface area contributed by atoms with Gasteiger partial charge in [-0.3, -0.25) is 0 Å². The highest BCUT2D eigenvalue weighted by Crippen LogP contribution is 2.06. The fraction of sp³-hybridized carbons (Fsp3) is 0.571. The maximum Gasteiger partial charge on any atom is 0.0902 e. The minimum absolute atomic E-state index is 1.20. The van der Waals surface area contributed by atoms with E-state index in [0.717, 1.165) is 0 Å². The van der Waals surface area contributed by atoms with Gasteiger partial charge in [0.15, 0.2) is 0 Å². The van der Waals surface area contributed by atoms with Crippen LogP contribution in [0.5, 0.6) is 0 Å². The van der Waals surface area contributed by atoms with Crippen molar-refractivity contribution in [3.63, 3.8) is 0 Å². The molecule has 0 saturated carbocycles. The lowest BCUT2D eigenvalue weighted by Gasteiger charge is -1.96. The van der Waals surface area contributed by atoms with Gasteiger partial charge in [0.05, 0.1) is 12.5 Å². The zero-order valence-corrected chi connectivity index (χ0v) is 9.95. The van der Waals surface area contributed by atoms with E-state index in [2.05, 4.69) is 17.9 Å². The van der Waals surface area contributed by atoms with Crippen LogP contribution in [0.1, 0.15) is 51.9 Å². The van der Waals surface area contributed by atoms with Crippen LogP contribution in [0.4, 0.5) is 0 Å². The summed E-state index contributed by atoms with van der Waals surface area (Å²) in [6.45, 7) is 5.95. The molecule has 0 atom stereocenters. The number of furan rings is 1. The average Bonchev–Trinajstić information content (AvgIpc) is 2.82. The van der Waals surface area contributed by atoms with Crippen molar-refractivity contribution in [2.45, 2.75) is 51.9 Å². The van der Waals surface area contributed by atoms with Crippen LogP contribution in [-0.2, 0) is 0 Å². The molecule has 0 amide bonds. The van der Waals surface area contributed by atoms with Crippen LogP contribution in [0, 0.1) is 0 Å². The molecule has 0 unspecified atom stereocenters. The van der Waals surface area contributed by atoms with Crippen LogP contribution in [0.25, 0.3) is 0 Å². The molecule has 1 rings (SSSR count). The Hall–Kier alpha value is -0.980. The van der Waals surface area contributed by atoms with Gasteiger partial charge in [-0.25, -0.2) is 0 Å². The third-order valence-electron chi connectivity index (χ3n) is 2.19. The molecule has 0 aliphatic heterocycles. The van der Waals surface area contributed by atoms with Crippen molar-refractivity contribution < 1.29 is 4.42 Å². The third-order valence-corrected chi connectivity index (χ3v) is 2.19. The van der Waals surface area contributed by atoms with E-state index < -0.39 is 0 Å². The average molecular weight is 208 g/mol. The van der Waals surface area contributed by atoms with E-state index in [0.29, 0.717) is 0 Å². The molecule has 15 heavy (non-hydrogen) atoms. The Morgan fingerprint density at radius 1 is 1.00 bits per heavy atom. The largest absolute Gasteiger partial charge is 0.473 e. The molecule has 1 aromatic rings. The first kappa shape index (κ1) is 14.0. The smallest absolute Gasteiger partial charge is 0.0902 e. The molecule has 0 saturated heterocycles. The maximum atomic E-state index is 4.58. The Bertz CT molecular complexity index is 172. The lowest BCUT2D eigenvalue weighted by Crippen LogP contribution is -1.76. The van der Waals surface area contributed by atoms with E-state index >= 15 is 0 Å². The minimum Gasteiger partial charge on any atom is -0.473 e. The Labute approximate surface area is 94.2 Å². The number of rotatable bonds is 7. The Morgan fingerprint density at radius 3 is 2.07 bits per heavy atom. The van der Waals surface area contributed by atoms with E-state index in [-0.39, 0.29) is 0 Å². The van der Waals surface area contributed by atoms with E-state index in [4.69, 9.17) is 0 Å². The normalized spacial score (nSPS) is 9.13. The third kappa shape index (κ3) is 13.0. The van der Waals surface area contributed by atoms with Crippen LogP contribution < -0.4 is 0 Å². The predicted octanol–water partition coefficient (Wildman–Crippen LogP) is 5.20. The highest BCUT2D eigenvalue weighted by molar-refractivity contribution is 4.79. The molecule has 0 aliphatic rings. The molecule has 0 aliphatic carbocycles. The molecular formula is C14H24O. The summed E-state index contributed by atoms with van der Waals surface area (Å²) in [5.74, 6) is 0. The van der Waals surface area contributed by atoms with Gasteiger partial charge in [-0.2, -0.15) is 0 Å². The van der Waals surface area contributed by atoms with Crippen LogP contribution in [-0.4, -0.2) is 0 Å². The second kappa shape index (κ2) is 13.0. The molecule has 1 aromatic heterocycles. The molecule has 0 aromatic carbocycles. The van der Waals surface area contributed by atoms with Gasteiger partial charge < -0.3 is 4.42 Å². The molecule has 0 spiro atoms. The number of unbranched alkanes of at least 4 members (excludes halogenated alkanes) is 6. The van der Waals surface area contributed by atoms with E-state index in [1.807, 2.05) is 18.2 Å². The number of allylic oxidation sites excluding steroid dienone is 1. The van der Waals surface area contributed by atoms with Crippen molar-refractivity contribution >= 4 is 0 Å². The molecule has 0 radical (unpaired) electrons. The summed E-state index contributed by atoms with van der Waals surface area (Å²) < 4.78 is 4.58. The van der Waals surface area contributed by atoms with Crippen molar-refractivity contribution in [3.05, 3.63) is 37.3 Å². The van der Waals surface area contributed by atoms with Crippen LogP contribution in [0.2, 0.25) is 0 Å².